The molecule has 0 unspecified atom stereocenters. The van der Waals surface area contributed by atoms with Gasteiger partial charge in [0.1, 0.15) is 0 Å². The van der Waals surface area contributed by atoms with Crippen LogP contribution in [0.1, 0.15) is 28.8 Å². The zero-order valence-electron chi connectivity index (χ0n) is 12.0. The van der Waals surface area contributed by atoms with Crippen molar-refractivity contribution in [2.45, 2.75) is 19.4 Å². The van der Waals surface area contributed by atoms with Gasteiger partial charge in [-0.05, 0) is 52.4 Å². The predicted octanol–water partition coefficient (Wildman–Crippen LogP) is 3.18. The summed E-state index contributed by atoms with van der Waals surface area (Å²) in [5, 5.41) is 4.23. The van der Waals surface area contributed by atoms with E-state index in [1.807, 2.05) is 47.1 Å². The molecule has 0 N–H and O–H groups in total. The minimum absolute atomic E-state index is 0.107. The molecule has 1 aliphatic carbocycles. The number of rotatable bonds is 5. The number of halogens is 1. The van der Waals surface area contributed by atoms with Crippen LogP contribution in [0.4, 0.5) is 0 Å². The Bertz CT molecular complexity index is 631. The maximum absolute atomic E-state index is 12.3. The van der Waals surface area contributed by atoms with Crippen LogP contribution >= 0.6 is 15.9 Å². The van der Waals surface area contributed by atoms with Crippen molar-refractivity contribution in [3.05, 3.63) is 52.3 Å². The summed E-state index contributed by atoms with van der Waals surface area (Å²) in [5.74, 6) is 0.826. The number of hydrogen-bond acceptors (Lipinski definition) is 2. The van der Waals surface area contributed by atoms with Crippen molar-refractivity contribution in [2.75, 3.05) is 13.6 Å². The molecule has 1 fully saturated rings. The molecule has 1 aliphatic rings. The molecule has 3 rings (SSSR count). The first-order valence-corrected chi connectivity index (χ1v) is 7.93. The zero-order chi connectivity index (χ0) is 14.8. The van der Waals surface area contributed by atoms with Crippen molar-refractivity contribution in [3.63, 3.8) is 0 Å². The highest BCUT2D eigenvalue weighted by atomic mass is 79.9. The topological polar surface area (TPSA) is 38.1 Å². The van der Waals surface area contributed by atoms with Crippen LogP contribution in [0.3, 0.4) is 0 Å². The Morgan fingerprint density at radius 3 is 2.67 bits per heavy atom. The lowest BCUT2D eigenvalue weighted by Gasteiger charge is -2.16. The standard InChI is InChI=1S/C16H18BrN3O/c1-19(9-12-2-3-12)16(21)14-6-4-13(5-7-14)10-20-11-15(17)8-18-20/h4-8,11-12H,2-3,9-10H2,1H3. The highest BCUT2D eigenvalue weighted by molar-refractivity contribution is 9.10. The van der Waals surface area contributed by atoms with Gasteiger partial charge in [0, 0.05) is 25.4 Å². The van der Waals surface area contributed by atoms with Gasteiger partial charge in [0.25, 0.3) is 5.91 Å². The Kier molecular flexibility index (Phi) is 4.10. The van der Waals surface area contributed by atoms with Crippen LogP contribution in [-0.2, 0) is 6.54 Å². The van der Waals surface area contributed by atoms with Crippen LogP contribution in [0.25, 0.3) is 0 Å². The second-order valence-corrected chi connectivity index (χ2v) is 6.60. The molecule has 1 aromatic carbocycles. The van der Waals surface area contributed by atoms with Gasteiger partial charge in [0.05, 0.1) is 17.2 Å². The van der Waals surface area contributed by atoms with Crippen molar-refractivity contribution < 1.29 is 4.79 Å². The molecule has 4 nitrogen and oxygen atoms in total. The van der Waals surface area contributed by atoms with Crippen molar-refractivity contribution in [1.29, 1.82) is 0 Å². The lowest BCUT2D eigenvalue weighted by Crippen LogP contribution is -2.28. The number of carbonyl (C=O) groups excluding carboxylic acids is 1. The predicted molar refractivity (Wildman–Crippen MR) is 85.2 cm³/mol. The molecule has 1 heterocycles. The first-order chi connectivity index (χ1) is 10.1. The molecule has 110 valence electrons. The van der Waals surface area contributed by atoms with E-state index in [0.29, 0.717) is 6.54 Å². The van der Waals surface area contributed by atoms with Gasteiger partial charge in [-0.2, -0.15) is 5.10 Å². The zero-order valence-corrected chi connectivity index (χ0v) is 13.6. The summed E-state index contributed by atoms with van der Waals surface area (Å²) in [6, 6.07) is 7.79. The fourth-order valence-electron chi connectivity index (χ4n) is 2.36. The smallest absolute Gasteiger partial charge is 0.253 e. The van der Waals surface area contributed by atoms with Crippen molar-refractivity contribution in [1.82, 2.24) is 14.7 Å². The third-order valence-corrected chi connectivity index (χ3v) is 4.13. The number of hydrogen-bond donors (Lipinski definition) is 0. The molecule has 2 aromatic rings. The van der Waals surface area contributed by atoms with Gasteiger partial charge >= 0.3 is 0 Å². The van der Waals surface area contributed by atoms with Crippen molar-refractivity contribution in [2.24, 2.45) is 5.92 Å². The minimum Gasteiger partial charge on any atom is -0.341 e. The van der Waals surface area contributed by atoms with E-state index >= 15 is 0 Å². The fourth-order valence-corrected chi connectivity index (χ4v) is 2.68. The molecule has 0 bridgehead atoms. The van der Waals surface area contributed by atoms with E-state index in [4.69, 9.17) is 0 Å². The molecule has 21 heavy (non-hydrogen) atoms. The maximum Gasteiger partial charge on any atom is 0.253 e. The maximum atomic E-state index is 12.3. The van der Waals surface area contributed by atoms with E-state index in [2.05, 4.69) is 21.0 Å². The van der Waals surface area contributed by atoms with Gasteiger partial charge in [-0.25, -0.2) is 0 Å². The normalized spacial score (nSPS) is 14.2. The number of amides is 1. The minimum atomic E-state index is 0.107. The van der Waals surface area contributed by atoms with E-state index in [1.54, 1.807) is 6.20 Å². The Hall–Kier alpha value is -1.62. The lowest BCUT2D eigenvalue weighted by atomic mass is 10.1. The SMILES string of the molecule is CN(CC1CC1)C(=O)c1ccc(Cn2cc(Br)cn2)cc1. The molecule has 5 heteroatoms. The largest absolute Gasteiger partial charge is 0.341 e. The van der Waals surface area contributed by atoms with Gasteiger partial charge in [0.15, 0.2) is 0 Å². The number of nitrogens with zero attached hydrogens (tertiary/aromatic N) is 3. The molecule has 0 saturated heterocycles. The summed E-state index contributed by atoms with van der Waals surface area (Å²) in [6.07, 6.45) is 6.22. The Morgan fingerprint density at radius 1 is 1.38 bits per heavy atom. The Labute approximate surface area is 132 Å². The average Bonchev–Trinajstić information content (AvgIpc) is 3.20. The summed E-state index contributed by atoms with van der Waals surface area (Å²) >= 11 is 3.38. The fraction of sp³-hybridized carbons (Fsp3) is 0.375. The van der Waals surface area contributed by atoms with Crippen LogP contribution in [0, 0.1) is 5.92 Å². The molecule has 1 saturated carbocycles. The summed E-state index contributed by atoms with van der Waals surface area (Å²) in [5.41, 5.74) is 1.88. The van der Waals surface area contributed by atoms with Crippen LogP contribution in [0.15, 0.2) is 41.1 Å². The summed E-state index contributed by atoms with van der Waals surface area (Å²) in [4.78, 5) is 14.1. The first kappa shape index (κ1) is 14.3. The van der Waals surface area contributed by atoms with Gasteiger partial charge in [-0.3, -0.25) is 9.48 Å². The molecular formula is C16H18BrN3O. The molecular weight excluding hydrogens is 330 g/mol. The summed E-state index contributed by atoms with van der Waals surface area (Å²) < 4.78 is 2.83. The Morgan fingerprint density at radius 2 is 2.10 bits per heavy atom. The number of aromatic nitrogens is 2. The van der Waals surface area contributed by atoms with Gasteiger partial charge < -0.3 is 4.90 Å². The highest BCUT2D eigenvalue weighted by Crippen LogP contribution is 2.29. The van der Waals surface area contributed by atoms with E-state index in [-0.39, 0.29) is 5.91 Å². The van der Waals surface area contributed by atoms with Crippen LogP contribution < -0.4 is 0 Å². The second kappa shape index (κ2) is 6.02. The quantitative estimate of drug-likeness (QED) is 0.832. The van der Waals surface area contributed by atoms with Crippen molar-refractivity contribution >= 4 is 21.8 Å². The van der Waals surface area contributed by atoms with Gasteiger partial charge in [0.2, 0.25) is 0 Å². The molecule has 0 spiro atoms. The Balaban J connectivity index is 1.64. The average molecular weight is 348 g/mol. The van der Waals surface area contributed by atoms with Crippen molar-refractivity contribution in [3.8, 4) is 0 Å². The molecule has 0 aliphatic heterocycles. The number of benzene rings is 1. The van der Waals surface area contributed by atoms with E-state index in [9.17, 15) is 4.79 Å². The van der Waals surface area contributed by atoms with E-state index in [0.717, 1.165) is 28.1 Å². The first-order valence-electron chi connectivity index (χ1n) is 7.14. The highest BCUT2D eigenvalue weighted by Gasteiger charge is 2.25. The second-order valence-electron chi connectivity index (χ2n) is 5.68. The summed E-state index contributed by atoms with van der Waals surface area (Å²) in [6.45, 7) is 1.58. The van der Waals surface area contributed by atoms with E-state index in [1.165, 1.54) is 12.8 Å². The van der Waals surface area contributed by atoms with Crippen LogP contribution in [0.5, 0.6) is 0 Å². The summed E-state index contributed by atoms with van der Waals surface area (Å²) in [7, 11) is 1.88. The third-order valence-electron chi connectivity index (χ3n) is 3.72. The lowest BCUT2D eigenvalue weighted by molar-refractivity contribution is 0.0788. The van der Waals surface area contributed by atoms with Crippen LogP contribution in [-0.4, -0.2) is 34.2 Å². The third kappa shape index (κ3) is 3.73. The molecule has 0 radical (unpaired) electrons. The van der Waals surface area contributed by atoms with E-state index < -0.39 is 0 Å². The van der Waals surface area contributed by atoms with Gasteiger partial charge in [-0.15, -0.1) is 0 Å². The number of carbonyl (C=O) groups is 1. The van der Waals surface area contributed by atoms with Crippen LogP contribution in [0.2, 0.25) is 0 Å². The molecule has 1 aromatic heterocycles. The van der Waals surface area contributed by atoms with Gasteiger partial charge in [-0.1, -0.05) is 12.1 Å². The molecule has 1 amide bonds. The monoisotopic (exact) mass is 347 g/mol. The molecule has 0 atom stereocenters.